The van der Waals surface area contributed by atoms with Gasteiger partial charge in [-0.15, -0.1) is 11.3 Å². The first-order chi connectivity index (χ1) is 7.90. The van der Waals surface area contributed by atoms with Gasteiger partial charge in [-0.2, -0.15) is 0 Å². The second-order valence-corrected chi connectivity index (χ2v) is 4.55. The van der Waals surface area contributed by atoms with Crippen molar-refractivity contribution in [2.75, 3.05) is 25.6 Å². The number of ether oxygens (including phenoxy) is 1. The van der Waals surface area contributed by atoms with Crippen LogP contribution in [0.1, 0.15) is 12.8 Å². The molecule has 4 heteroatoms. The number of anilines is 1. The van der Waals surface area contributed by atoms with E-state index in [1.54, 1.807) is 18.4 Å². The van der Waals surface area contributed by atoms with Crippen molar-refractivity contribution in [2.45, 2.75) is 12.8 Å². The summed E-state index contributed by atoms with van der Waals surface area (Å²) in [7, 11) is 1.74. The van der Waals surface area contributed by atoms with Crippen LogP contribution in [0.5, 0.6) is 0 Å². The highest BCUT2D eigenvalue weighted by Crippen LogP contribution is 2.21. The molecule has 0 aliphatic heterocycles. The molecular weight excluding hydrogens is 220 g/mol. The summed E-state index contributed by atoms with van der Waals surface area (Å²) < 4.78 is 6.24. The van der Waals surface area contributed by atoms with E-state index in [0.29, 0.717) is 0 Å². The molecule has 0 fully saturated rings. The fourth-order valence-electron chi connectivity index (χ4n) is 1.57. The lowest BCUT2D eigenvalue weighted by Gasteiger charge is -2.05. The smallest absolute Gasteiger partial charge is 0.0813 e. The lowest BCUT2D eigenvalue weighted by atomic mass is 10.2. The third-order valence-electron chi connectivity index (χ3n) is 2.44. The zero-order valence-electron chi connectivity index (χ0n) is 9.40. The number of fused-ring (bicyclic) bond motifs is 1. The van der Waals surface area contributed by atoms with Gasteiger partial charge >= 0.3 is 0 Å². The topological polar surface area (TPSA) is 34.1 Å². The maximum atomic E-state index is 5.01. The molecule has 0 radical (unpaired) electrons. The normalized spacial score (nSPS) is 10.8. The van der Waals surface area contributed by atoms with E-state index < -0.39 is 0 Å². The van der Waals surface area contributed by atoms with E-state index in [0.717, 1.165) is 31.5 Å². The first kappa shape index (κ1) is 11.4. The van der Waals surface area contributed by atoms with Crippen molar-refractivity contribution in [1.29, 1.82) is 0 Å². The van der Waals surface area contributed by atoms with Crippen molar-refractivity contribution < 1.29 is 4.74 Å². The summed E-state index contributed by atoms with van der Waals surface area (Å²) in [6.07, 6.45) is 2.24. The third-order valence-corrected chi connectivity index (χ3v) is 3.23. The van der Waals surface area contributed by atoms with Crippen molar-refractivity contribution in [3.05, 3.63) is 23.7 Å². The van der Waals surface area contributed by atoms with Crippen LogP contribution in [0.4, 0.5) is 5.69 Å². The lowest BCUT2D eigenvalue weighted by Crippen LogP contribution is -2.02. The molecule has 0 atom stereocenters. The maximum absolute atomic E-state index is 5.01. The monoisotopic (exact) mass is 236 g/mol. The maximum Gasteiger partial charge on any atom is 0.0813 e. The average molecular weight is 236 g/mol. The number of benzene rings is 1. The van der Waals surface area contributed by atoms with Crippen LogP contribution in [-0.2, 0) is 4.74 Å². The van der Waals surface area contributed by atoms with Crippen molar-refractivity contribution in [1.82, 2.24) is 4.98 Å². The molecule has 1 aromatic carbocycles. The van der Waals surface area contributed by atoms with Crippen LogP contribution >= 0.6 is 11.3 Å². The Hall–Kier alpha value is -1.13. The summed E-state index contributed by atoms with van der Waals surface area (Å²) >= 11 is 1.68. The van der Waals surface area contributed by atoms with Crippen LogP contribution in [0.3, 0.4) is 0 Å². The quantitative estimate of drug-likeness (QED) is 0.782. The standard InChI is InChI=1S/C12H16N2OS/c1-15-7-3-2-6-13-10-4-5-11-12(8-10)16-9-14-11/h4-5,8-9,13H,2-3,6-7H2,1H3. The highest BCUT2D eigenvalue weighted by atomic mass is 32.1. The lowest BCUT2D eigenvalue weighted by molar-refractivity contribution is 0.194. The molecule has 1 N–H and O–H groups in total. The molecule has 0 saturated heterocycles. The summed E-state index contributed by atoms with van der Waals surface area (Å²) in [5.74, 6) is 0. The summed E-state index contributed by atoms with van der Waals surface area (Å²) in [6.45, 7) is 1.84. The summed E-state index contributed by atoms with van der Waals surface area (Å²) in [6, 6.07) is 6.30. The molecule has 3 nitrogen and oxygen atoms in total. The average Bonchev–Trinajstić information content (AvgIpc) is 2.76. The Kier molecular flexibility index (Phi) is 4.13. The predicted octanol–water partition coefficient (Wildman–Crippen LogP) is 3.13. The van der Waals surface area contributed by atoms with E-state index >= 15 is 0 Å². The first-order valence-corrected chi connectivity index (χ1v) is 6.34. The van der Waals surface area contributed by atoms with Crippen molar-refractivity contribution in [2.24, 2.45) is 0 Å². The molecular formula is C12H16N2OS. The third kappa shape index (κ3) is 2.93. The van der Waals surface area contributed by atoms with Crippen molar-refractivity contribution in [3.8, 4) is 0 Å². The Labute approximate surface area is 99.5 Å². The second kappa shape index (κ2) is 5.82. The van der Waals surface area contributed by atoms with Gasteiger partial charge in [0.05, 0.1) is 15.7 Å². The first-order valence-electron chi connectivity index (χ1n) is 5.46. The van der Waals surface area contributed by atoms with Gasteiger partial charge in [0.15, 0.2) is 0 Å². The second-order valence-electron chi connectivity index (χ2n) is 3.66. The van der Waals surface area contributed by atoms with Crippen LogP contribution in [-0.4, -0.2) is 25.2 Å². The molecule has 1 aromatic heterocycles. The van der Waals surface area contributed by atoms with Gasteiger partial charge in [0.1, 0.15) is 0 Å². The van der Waals surface area contributed by atoms with Crippen LogP contribution in [0.15, 0.2) is 23.7 Å². The Morgan fingerprint density at radius 1 is 1.38 bits per heavy atom. The van der Waals surface area contributed by atoms with Crippen LogP contribution < -0.4 is 5.32 Å². The van der Waals surface area contributed by atoms with E-state index in [1.165, 1.54) is 10.4 Å². The van der Waals surface area contributed by atoms with E-state index in [-0.39, 0.29) is 0 Å². The number of nitrogens with zero attached hydrogens (tertiary/aromatic N) is 1. The minimum atomic E-state index is 0.843. The van der Waals surface area contributed by atoms with E-state index in [4.69, 9.17) is 4.74 Å². The van der Waals surface area contributed by atoms with Gasteiger partial charge in [-0.05, 0) is 31.0 Å². The van der Waals surface area contributed by atoms with Gasteiger partial charge < -0.3 is 10.1 Å². The molecule has 2 rings (SSSR count). The van der Waals surface area contributed by atoms with Crippen molar-refractivity contribution >= 4 is 27.2 Å². The fourth-order valence-corrected chi connectivity index (χ4v) is 2.29. The molecule has 0 bridgehead atoms. The highest BCUT2D eigenvalue weighted by Gasteiger charge is 1.97. The molecule has 0 amide bonds. The highest BCUT2D eigenvalue weighted by molar-refractivity contribution is 7.16. The number of rotatable bonds is 6. The van der Waals surface area contributed by atoms with Crippen LogP contribution in [0.25, 0.3) is 10.2 Å². The van der Waals surface area contributed by atoms with E-state index in [1.807, 2.05) is 5.51 Å². The number of nitrogens with one attached hydrogen (secondary N) is 1. The van der Waals surface area contributed by atoms with Gasteiger partial charge in [0.2, 0.25) is 0 Å². The minimum Gasteiger partial charge on any atom is -0.385 e. The number of hydrogen-bond donors (Lipinski definition) is 1. The molecule has 16 heavy (non-hydrogen) atoms. The Balaban J connectivity index is 1.84. The molecule has 0 aliphatic rings. The zero-order valence-corrected chi connectivity index (χ0v) is 10.2. The Bertz CT molecular complexity index is 441. The van der Waals surface area contributed by atoms with Gasteiger partial charge in [0, 0.05) is 25.9 Å². The number of methoxy groups -OCH3 is 1. The molecule has 0 saturated carbocycles. The Morgan fingerprint density at radius 2 is 2.31 bits per heavy atom. The largest absolute Gasteiger partial charge is 0.385 e. The van der Waals surface area contributed by atoms with E-state index in [9.17, 15) is 0 Å². The Morgan fingerprint density at radius 3 is 3.19 bits per heavy atom. The molecule has 2 aromatic rings. The number of unbranched alkanes of at least 4 members (excludes halogenated alkanes) is 1. The number of hydrogen-bond acceptors (Lipinski definition) is 4. The molecule has 1 heterocycles. The van der Waals surface area contributed by atoms with Crippen molar-refractivity contribution in [3.63, 3.8) is 0 Å². The van der Waals surface area contributed by atoms with Gasteiger partial charge in [0.25, 0.3) is 0 Å². The van der Waals surface area contributed by atoms with Gasteiger partial charge in [-0.25, -0.2) is 4.98 Å². The molecule has 86 valence electrons. The summed E-state index contributed by atoms with van der Waals surface area (Å²) in [5.41, 5.74) is 4.14. The zero-order chi connectivity index (χ0) is 11.2. The fraction of sp³-hybridized carbons (Fsp3) is 0.417. The van der Waals surface area contributed by atoms with E-state index in [2.05, 4.69) is 28.5 Å². The van der Waals surface area contributed by atoms with Gasteiger partial charge in [-0.3, -0.25) is 0 Å². The summed E-state index contributed by atoms with van der Waals surface area (Å²) in [5, 5.41) is 3.41. The molecule has 0 aliphatic carbocycles. The van der Waals surface area contributed by atoms with Crippen LogP contribution in [0, 0.1) is 0 Å². The van der Waals surface area contributed by atoms with Crippen LogP contribution in [0.2, 0.25) is 0 Å². The molecule has 0 unspecified atom stereocenters. The number of thiazole rings is 1. The SMILES string of the molecule is COCCCCNc1ccc2ncsc2c1. The predicted molar refractivity (Wildman–Crippen MR) is 69.2 cm³/mol. The summed E-state index contributed by atoms with van der Waals surface area (Å²) in [4.78, 5) is 4.25. The van der Waals surface area contributed by atoms with Gasteiger partial charge in [-0.1, -0.05) is 0 Å². The molecule has 0 spiro atoms. The number of aromatic nitrogens is 1. The minimum absolute atomic E-state index is 0.843.